The van der Waals surface area contributed by atoms with Crippen molar-refractivity contribution in [3.05, 3.63) is 53.6 Å². The Morgan fingerprint density at radius 3 is 2.55 bits per heavy atom. The van der Waals surface area contributed by atoms with Crippen LogP contribution in [0.25, 0.3) is 0 Å². The van der Waals surface area contributed by atoms with E-state index >= 15 is 0 Å². The number of ketones is 1. The molecule has 0 bridgehead atoms. The van der Waals surface area contributed by atoms with Crippen molar-refractivity contribution in [2.75, 3.05) is 11.1 Å². The largest absolute Gasteiger partial charge is 0.478 e. The summed E-state index contributed by atoms with van der Waals surface area (Å²) >= 11 is 0. The van der Waals surface area contributed by atoms with Crippen molar-refractivity contribution in [2.45, 2.75) is 6.92 Å². The summed E-state index contributed by atoms with van der Waals surface area (Å²) in [6.07, 6.45) is 0. The van der Waals surface area contributed by atoms with Gasteiger partial charge in [0.1, 0.15) is 0 Å². The smallest absolute Gasteiger partial charge is 0.337 e. The lowest BCUT2D eigenvalue weighted by Gasteiger charge is -2.11. The minimum absolute atomic E-state index is 0.0515. The summed E-state index contributed by atoms with van der Waals surface area (Å²) in [7, 11) is 0. The number of nitrogens with one attached hydrogen (secondary N) is 1. The first-order chi connectivity index (χ1) is 9.47. The molecule has 0 fully saturated rings. The van der Waals surface area contributed by atoms with Gasteiger partial charge >= 0.3 is 5.97 Å². The Hall–Kier alpha value is -2.82. The molecule has 2 aromatic rings. The van der Waals surface area contributed by atoms with Crippen LogP contribution in [0.1, 0.15) is 27.6 Å². The SMILES string of the molecule is CC(=O)c1cccc(Nc2ccc(N)cc2C(=O)O)c1. The van der Waals surface area contributed by atoms with Gasteiger partial charge in [-0.05, 0) is 37.3 Å². The van der Waals surface area contributed by atoms with Crippen LogP contribution in [0.15, 0.2) is 42.5 Å². The van der Waals surface area contributed by atoms with Gasteiger partial charge in [0, 0.05) is 16.9 Å². The van der Waals surface area contributed by atoms with E-state index in [4.69, 9.17) is 10.8 Å². The van der Waals surface area contributed by atoms with E-state index < -0.39 is 5.97 Å². The van der Waals surface area contributed by atoms with Crippen molar-refractivity contribution in [1.82, 2.24) is 0 Å². The monoisotopic (exact) mass is 270 g/mol. The molecule has 0 radical (unpaired) electrons. The number of hydrogen-bond donors (Lipinski definition) is 3. The molecule has 0 heterocycles. The number of carboxylic acids is 1. The van der Waals surface area contributed by atoms with Gasteiger partial charge in [0.05, 0.1) is 11.3 Å². The second-order valence-corrected chi connectivity index (χ2v) is 4.37. The summed E-state index contributed by atoms with van der Waals surface area (Å²) in [6, 6.07) is 11.5. The highest BCUT2D eigenvalue weighted by molar-refractivity contribution is 5.97. The average Bonchev–Trinajstić information content (AvgIpc) is 2.41. The fraction of sp³-hybridized carbons (Fsp3) is 0.0667. The molecule has 20 heavy (non-hydrogen) atoms. The van der Waals surface area contributed by atoms with E-state index in [-0.39, 0.29) is 11.3 Å². The Morgan fingerprint density at radius 1 is 1.15 bits per heavy atom. The van der Waals surface area contributed by atoms with Crippen molar-refractivity contribution in [3.8, 4) is 0 Å². The van der Waals surface area contributed by atoms with Gasteiger partial charge in [-0.25, -0.2) is 4.79 Å². The number of hydrogen-bond acceptors (Lipinski definition) is 4. The van der Waals surface area contributed by atoms with Gasteiger partial charge in [0.2, 0.25) is 0 Å². The molecule has 5 heteroatoms. The summed E-state index contributed by atoms with van der Waals surface area (Å²) < 4.78 is 0. The Morgan fingerprint density at radius 2 is 1.90 bits per heavy atom. The number of nitrogen functional groups attached to an aromatic ring is 1. The molecule has 0 aliphatic heterocycles. The zero-order valence-corrected chi connectivity index (χ0v) is 10.9. The molecule has 0 aliphatic rings. The van der Waals surface area contributed by atoms with Crippen LogP contribution >= 0.6 is 0 Å². The van der Waals surface area contributed by atoms with Crippen LogP contribution in [-0.4, -0.2) is 16.9 Å². The van der Waals surface area contributed by atoms with E-state index in [0.29, 0.717) is 22.6 Å². The molecule has 0 saturated heterocycles. The van der Waals surface area contributed by atoms with Crippen LogP contribution < -0.4 is 11.1 Å². The van der Waals surface area contributed by atoms with Crippen LogP contribution in [0.5, 0.6) is 0 Å². The predicted molar refractivity (Wildman–Crippen MR) is 77.5 cm³/mol. The number of carbonyl (C=O) groups excluding carboxylic acids is 1. The van der Waals surface area contributed by atoms with Gasteiger partial charge in [-0.3, -0.25) is 4.79 Å². The van der Waals surface area contributed by atoms with Crippen LogP contribution in [0.2, 0.25) is 0 Å². The topological polar surface area (TPSA) is 92.4 Å². The zero-order valence-electron chi connectivity index (χ0n) is 10.9. The van der Waals surface area contributed by atoms with E-state index in [1.807, 2.05) is 0 Å². The molecule has 2 rings (SSSR count). The molecule has 0 unspecified atom stereocenters. The van der Waals surface area contributed by atoms with E-state index in [0.717, 1.165) is 0 Å². The number of aromatic carboxylic acids is 1. The molecule has 0 saturated carbocycles. The van der Waals surface area contributed by atoms with Gasteiger partial charge in [-0.15, -0.1) is 0 Å². The van der Waals surface area contributed by atoms with Crippen LogP contribution in [0.4, 0.5) is 17.1 Å². The minimum Gasteiger partial charge on any atom is -0.478 e. The standard InChI is InChI=1S/C15H14N2O3/c1-9(18)10-3-2-4-12(7-10)17-14-6-5-11(16)8-13(14)15(19)20/h2-8,17H,16H2,1H3,(H,19,20). The fourth-order valence-electron chi connectivity index (χ4n) is 1.82. The summed E-state index contributed by atoms with van der Waals surface area (Å²) in [6.45, 7) is 1.48. The predicted octanol–water partition coefficient (Wildman–Crippen LogP) is 2.91. The van der Waals surface area contributed by atoms with Gasteiger partial charge in [-0.2, -0.15) is 0 Å². The molecule has 0 spiro atoms. The maximum Gasteiger partial charge on any atom is 0.337 e. The minimum atomic E-state index is -1.07. The first-order valence-electron chi connectivity index (χ1n) is 5.98. The third-order valence-corrected chi connectivity index (χ3v) is 2.82. The maximum absolute atomic E-state index is 11.3. The van der Waals surface area contributed by atoms with E-state index in [9.17, 15) is 9.59 Å². The number of nitrogens with two attached hydrogens (primary N) is 1. The van der Waals surface area contributed by atoms with Crippen LogP contribution in [-0.2, 0) is 0 Å². The first kappa shape index (κ1) is 13.6. The highest BCUT2D eigenvalue weighted by Crippen LogP contribution is 2.24. The van der Waals surface area contributed by atoms with E-state index in [1.54, 1.807) is 36.4 Å². The fourth-order valence-corrected chi connectivity index (χ4v) is 1.82. The molecule has 0 amide bonds. The number of benzene rings is 2. The third kappa shape index (κ3) is 2.95. The Labute approximate surface area is 116 Å². The molecule has 0 aliphatic carbocycles. The second kappa shape index (κ2) is 5.44. The Bertz CT molecular complexity index is 681. The summed E-state index contributed by atoms with van der Waals surface area (Å²) in [5, 5.41) is 12.1. The summed E-state index contributed by atoms with van der Waals surface area (Å²) in [5.41, 5.74) is 7.67. The average molecular weight is 270 g/mol. The number of carbonyl (C=O) groups is 2. The number of anilines is 3. The lowest BCUT2D eigenvalue weighted by molar-refractivity contribution is 0.0697. The lowest BCUT2D eigenvalue weighted by atomic mass is 10.1. The third-order valence-electron chi connectivity index (χ3n) is 2.82. The first-order valence-corrected chi connectivity index (χ1v) is 5.98. The van der Waals surface area contributed by atoms with E-state index in [1.165, 1.54) is 13.0 Å². The van der Waals surface area contributed by atoms with Crippen molar-refractivity contribution in [1.29, 1.82) is 0 Å². The summed E-state index contributed by atoms with van der Waals surface area (Å²) in [5.74, 6) is -1.12. The van der Waals surface area contributed by atoms with E-state index in [2.05, 4.69) is 5.32 Å². The molecule has 102 valence electrons. The Balaban J connectivity index is 2.37. The highest BCUT2D eigenvalue weighted by Gasteiger charge is 2.11. The normalized spacial score (nSPS) is 10.1. The highest BCUT2D eigenvalue weighted by atomic mass is 16.4. The van der Waals surface area contributed by atoms with Gasteiger partial charge in [-0.1, -0.05) is 12.1 Å². The zero-order chi connectivity index (χ0) is 14.7. The van der Waals surface area contributed by atoms with Gasteiger partial charge in [0.15, 0.2) is 5.78 Å². The molecule has 0 aromatic heterocycles. The number of carboxylic acid groups (broad SMARTS) is 1. The van der Waals surface area contributed by atoms with Crippen molar-refractivity contribution < 1.29 is 14.7 Å². The second-order valence-electron chi connectivity index (χ2n) is 4.37. The van der Waals surface area contributed by atoms with Crippen LogP contribution in [0, 0.1) is 0 Å². The number of rotatable bonds is 4. The van der Waals surface area contributed by atoms with Gasteiger partial charge in [0.25, 0.3) is 0 Å². The molecule has 5 nitrogen and oxygen atoms in total. The van der Waals surface area contributed by atoms with Crippen LogP contribution in [0.3, 0.4) is 0 Å². The molecule has 0 atom stereocenters. The molecule has 2 aromatic carbocycles. The molecular formula is C15H14N2O3. The van der Waals surface area contributed by atoms with Gasteiger partial charge < -0.3 is 16.2 Å². The van der Waals surface area contributed by atoms with Crippen molar-refractivity contribution in [3.63, 3.8) is 0 Å². The quantitative estimate of drug-likeness (QED) is 0.586. The lowest BCUT2D eigenvalue weighted by Crippen LogP contribution is -2.04. The number of Topliss-reactive ketones (excluding diaryl/α,β-unsaturated/α-hetero) is 1. The van der Waals surface area contributed by atoms with Crippen molar-refractivity contribution in [2.24, 2.45) is 0 Å². The molecular weight excluding hydrogens is 256 g/mol. The van der Waals surface area contributed by atoms with Crippen molar-refractivity contribution >= 4 is 28.8 Å². The Kier molecular flexibility index (Phi) is 3.70. The summed E-state index contributed by atoms with van der Waals surface area (Å²) in [4.78, 5) is 22.5. The maximum atomic E-state index is 11.3. The molecule has 4 N–H and O–H groups in total.